The number of hydrogen-bond acceptors (Lipinski definition) is 4. The van der Waals surface area contributed by atoms with Crippen molar-refractivity contribution in [2.45, 2.75) is 11.8 Å². The standard InChI is InChI=1S/C14H17N3O2S/c1-3-17(12-8-10-16-11-9-12)20(18,19)14-7-5-4-6-13(14)15-2/h4-11,15H,3H2,1-2H3. The fraction of sp³-hybridized carbons (Fsp3) is 0.214. The van der Waals surface area contributed by atoms with Gasteiger partial charge in [-0.2, -0.15) is 0 Å². The Morgan fingerprint density at radius 2 is 1.80 bits per heavy atom. The predicted octanol–water partition coefficient (Wildman–Crippen LogP) is 2.34. The summed E-state index contributed by atoms with van der Waals surface area (Å²) >= 11 is 0. The molecule has 20 heavy (non-hydrogen) atoms. The van der Waals surface area contributed by atoms with Gasteiger partial charge in [0.15, 0.2) is 0 Å². The van der Waals surface area contributed by atoms with Crippen LogP contribution >= 0.6 is 0 Å². The van der Waals surface area contributed by atoms with Gasteiger partial charge in [-0.15, -0.1) is 0 Å². The predicted molar refractivity (Wildman–Crippen MR) is 80.4 cm³/mol. The molecule has 0 unspecified atom stereocenters. The van der Waals surface area contributed by atoms with Crippen LogP contribution in [0, 0.1) is 0 Å². The van der Waals surface area contributed by atoms with E-state index in [4.69, 9.17) is 0 Å². The van der Waals surface area contributed by atoms with Gasteiger partial charge in [0.1, 0.15) is 4.90 Å². The van der Waals surface area contributed by atoms with Crippen LogP contribution in [-0.4, -0.2) is 27.0 Å². The van der Waals surface area contributed by atoms with E-state index in [2.05, 4.69) is 10.3 Å². The lowest BCUT2D eigenvalue weighted by Gasteiger charge is -2.23. The monoisotopic (exact) mass is 291 g/mol. The fourth-order valence-corrected chi connectivity index (χ4v) is 3.69. The molecule has 0 radical (unpaired) electrons. The van der Waals surface area contributed by atoms with Gasteiger partial charge >= 0.3 is 0 Å². The number of anilines is 2. The third kappa shape index (κ3) is 2.60. The Morgan fingerprint density at radius 1 is 1.15 bits per heavy atom. The molecule has 6 heteroatoms. The second-order valence-electron chi connectivity index (χ2n) is 4.12. The van der Waals surface area contributed by atoms with Gasteiger partial charge in [-0.05, 0) is 31.2 Å². The smallest absolute Gasteiger partial charge is 0.266 e. The third-order valence-electron chi connectivity index (χ3n) is 2.96. The van der Waals surface area contributed by atoms with Crippen LogP contribution in [0.2, 0.25) is 0 Å². The molecule has 0 bridgehead atoms. The van der Waals surface area contributed by atoms with Crippen LogP contribution < -0.4 is 9.62 Å². The highest BCUT2D eigenvalue weighted by molar-refractivity contribution is 7.93. The highest BCUT2D eigenvalue weighted by Gasteiger charge is 2.25. The number of nitrogens with one attached hydrogen (secondary N) is 1. The first-order valence-corrected chi connectivity index (χ1v) is 7.74. The minimum absolute atomic E-state index is 0.265. The van der Waals surface area contributed by atoms with Crippen molar-refractivity contribution in [2.75, 3.05) is 23.2 Å². The first-order chi connectivity index (χ1) is 9.61. The molecule has 0 spiro atoms. The molecule has 0 atom stereocenters. The van der Waals surface area contributed by atoms with E-state index in [1.807, 2.05) is 0 Å². The summed E-state index contributed by atoms with van der Waals surface area (Å²) in [6, 6.07) is 10.2. The molecule has 0 saturated heterocycles. The number of sulfonamides is 1. The average molecular weight is 291 g/mol. The van der Waals surface area contributed by atoms with Crippen LogP contribution in [0.25, 0.3) is 0 Å². The summed E-state index contributed by atoms with van der Waals surface area (Å²) in [5.74, 6) is 0. The summed E-state index contributed by atoms with van der Waals surface area (Å²) in [6.07, 6.45) is 3.16. The number of benzene rings is 1. The van der Waals surface area contributed by atoms with E-state index in [1.165, 1.54) is 4.31 Å². The molecule has 1 heterocycles. The molecule has 2 rings (SSSR count). The molecule has 1 aromatic heterocycles. The molecule has 106 valence electrons. The minimum atomic E-state index is -3.60. The number of nitrogens with zero attached hydrogens (tertiary/aromatic N) is 2. The van der Waals surface area contributed by atoms with Crippen molar-refractivity contribution in [1.82, 2.24) is 4.98 Å². The Labute approximate surface area is 119 Å². The molecular weight excluding hydrogens is 274 g/mol. The van der Waals surface area contributed by atoms with Gasteiger partial charge < -0.3 is 5.32 Å². The van der Waals surface area contributed by atoms with E-state index < -0.39 is 10.0 Å². The lowest BCUT2D eigenvalue weighted by atomic mass is 10.3. The Kier molecular flexibility index (Phi) is 4.24. The van der Waals surface area contributed by atoms with Crippen LogP contribution in [0.4, 0.5) is 11.4 Å². The molecule has 0 aliphatic carbocycles. The van der Waals surface area contributed by atoms with Crippen molar-refractivity contribution in [2.24, 2.45) is 0 Å². The van der Waals surface area contributed by atoms with E-state index in [0.29, 0.717) is 17.9 Å². The van der Waals surface area contributed by atoms with E-state index in [0.717, 1.165) is 0 Å². The first kappa shape index (κ1) is 14.3. The van der Waals surface area contributed by atoms with Gasteiger partial charge in [-0.3, -0.25) is 9.29 Å². The van der Waals surface area contributed by atoms with Crippen molar-refractivity contribution < 1.29 is 8.42 Å². The molecule has 2 aromatic rings. The van der Waals surface area contributed by atoms with Gasteiger partial charge in [0.2, 0.25) is 0 Å². The molecule has 1 aromatic carbocycles. The molecular formula is C14H17N3O2S. The van der Waals surface area contributed by atoms with Crippen molar-refractivity contribution in [1.29, 1.82) is 0 Å². The molecule has 0 fully saturated rings. The summed E-state index contributed by atoms with van der Waals surface area (Å²) in [4.78, 5) is 4.18. The molecule has 0 amide bonds. The highest BCUT2D eigenvalue weighted by Crippen LogP contribution is 2.27. The SMILES string of the molecule is CCN(c1ccncc1)S(=O)(=O)c1ccccc1NC. The van der Waals surface area contributed by atoms with Crippen LogP contribution in [0.5, 0.6) is 0 Å². The van der Waals surface area contributed by atoms with Gasteiger partial charge in [0.25, 0.3) is 10.0 Å². The number of rotatable bonds is 5. The van der Waals surface area contributed by atoms with Crippen LogP contribution in [0.1, 0.15) is 6.92 Å². The quantitative estimate of drug-likeness (QED) is 0.918. The molecule has 1 N–H and O–H groups in total. The maximum absolute atomic E-state index is 12.8. The lowest BCUT2D eigenvalue weighted by molar-refractivity contribution is 0.592. The summed E-state index contributed by atoms with van der Waals surface area (Å²) in [5.41, 5.74) is 1.19. The number of hydrogen-bond donors (Lipinski definition) is 1. The van der Waals surface area contributed by atoms with Crippen LogP contribution in [0.3, 0.4) is 0 Å². The molecule has 0 aliphatic heterocycles. The van der Waals surface area contributed by atoms with Gasteiger partial charge in [0.05, 0.1) is 11.4 Å². The third-order valence-corrected chi connectivity index (χ3v) is 4.92. The zero-order chi connectivity index (χ0) is 14.6. The maximum Gasteiger partial charge on any atom is 0.266 e. The minimum Gasteiger partial charge on any atom is -0.387 e. The second kappa shape index (κ2) is 5.92. The van der Waals surface area contributed by atoms with Gasteiger partial charge in [-0.25, -0.2) is 8.42 Å². The number of aromatic nitrogens is 1. The van der Waals surface area contributed by atoms with Crippen molar-refractivity contribution in [3.05, 3.63) is 48.8 Å². The van der Waals surface area contributed by atoms with Crippen molar-refractivity contribution >= 4 is 21.4 Å². The molecule has 0 aliphatic rings. The van der Waals surface area contributed by atoms with Crippen LogP contribution in [-0.2, 0) is 10.0 Å². The number of para-hydroxylation sites is 1. The zero-order valence-electron chi connectivity index (χ0n) is 11.4. The Balaban J connectivity index is 2.53. The summed E-state index contributed by atoms with van der Waals surface area (Å²) < 4.78 is 27.0. The van der Waals surface area contributed by atoms with E-state index in [1.54, 1.807) is 62.8 Å². The largest absolute Gasteiger partial charge is 0.387 e. The Bertz CT molecular complexity index is 672. The molecule has 0 saturated carbocycles. The normalized spacial score (nSPS) is 11.1. The van der Waals surface area contributed by atoms with Crippen molar-refractivity contribution in [3.63, 3.8) is 0 Å². The van der Waals surface area contributed by atoms with Gasteiger partial charge in [0, 0.05) is 26.0 Å². The molecule has 5 nitrogen and oxygen atoms in total. The topological polar surface area (TPSA) is 62.3 Å². The van der Waals surface area contributed by atoms with E-state index in [-0.39, 0.29) is 4.90 Å². The average Bonchev–Trinajstić information content (AvgIpc) is 2.48. The number of pyridine rings is 1. The van der Waals surface area contributed by atoms with Crippen molar-refractivity contribution in [3.8, 4) is 0 Å². The summed E-state index contributed by atoms with van der Waals surface area (Å²) in [7, 11) is -1.90. The van der Waals surface area contributed by atoms with E-state index >= 15 is 0 Å². The first-order valence-electron chi connectivity index (χ1n) is 6.30. The van der Waals surface area contributed by atoms with E-state index in [9.17, 15) is 8.42 Å². The zero-order valence-corrected chi connectivity index (χ0v) is 12.3. The van der Waals surface area contributed by atoms with Crippen LogP contribution in [0.15, 0.2) is 53.7 Å². The lowest BCUT2D eigenvalue weighted by Crippen LogP contribution is -2.31. The highest BCUT2D eigenvalue weighted by atomic mass is 32.2. The maximum atomic E-state index is 12.8. The summed E-state index contributed by atoms with van der Waals surface area (Å²) in [6.45, 7) is 2.16. The summed E-state index contributed by atoms with van der Waals surface area (Å²) in [5, 5.41) is 2.91. The Hall–Kier alpha value is -2.08. The Morgan fingerprint density at radius 3 is 2.40 bits per heavy atom. The second-order valence-corrected chi connectivity index (χ2v) is 5.95. The van der Waals surface area contributed by atoms with Gasteiger partial charge in [-0.1, -0.05) is 12.1 Å². The fourth-order valence-electron chi connectivity index (χ4n) is 2.02.